The van der Waals surface area contributed by atoms with Crippen molar-refractivity contribution in [2.24, 2.45) is 5.41 Å². The maximum absolute atomic E-state index is 13.3. The maximum atomic E-state index is 13.3. The fourth-order valence-electron chi connectivity index (χ4n) is 2.77. The molecule has 2 amide bonds. The number of carbonyl (C=O) groups is 2. The fourth-order valence-corrected chi connectivity index (χ4v) is 2.77. The number of halogens is 1. The first-order chi connectivity index (χ1) is 13.3. The summed E-state index contributed by atoms with van der Waals surface area (Å²) in [4.78, 5) is 26.8. The third-order valence-electron chi connectivity index (χ3n) is 4.46. The molecule has 2 aromatic rings. The number of hydrogen-bond acceptors (Lipinski definition) is 3. The molecular formula is C22H31FN4O2. The van der Waals surface area contributed by atoms with Crippen LogP contribution in [-0.2, 0) is 15.0 Å². The van der Waals surface area contributed by atoms with Gasteiger partial charge in [0, 0.05) is 23.4 Å². The van der Waals surface area contributed by atoms with E-state index in [9.17, 15) is 14.0 Å². The molecule has 1 aromatic heterocycles. The number of anilines is 1. The normalized spacial score (nSPS) is 12.0. The quantitative estimate of drug-likeness (QED) is 0.817. The van der Waals surface area contributed by atoms with Gasteiger partial charge < -0.3 is 10.2 Å². The van der Waals surface area contributed by atoms with Crippen molar-refractivity contribution in [1.82, 2.24) is 14.7 Å². The topological polar surface area (TPSA) is 67.2 Å². The van der Waals surface area contributed by atoms with Gasteiger partial charge in [-0.15, -0.1) is 0 Å². The van der Waals surface area contributed by atoms with E-state index >= 15 is 0 Å². The third-order valence-corrected chi connectivity index (χ3v) is 4.46. The zero-order chi connectivity index (χ0) is 22.0. The standard InChI is InChI=1S/C22H31FN4O2/c1-8-26(20(29)22(5,6)7)14-19(28)24-18-13-17(21(2,3)4)25-27(18)16-11-9-15(23)10-12-16/h9-13H,8,14H2,1-7H3,(H,24,28). The zero-order valence-electron chi connectivity index (χ0n) is 18.3. The first-order valence-corrected chi connectivity index (χ1v) is 9.78. The van der Waals surface area contributed by atoms with Crippen LogP contribution in [0.1, 0.15) is 54.2 Å². The molecule has 0 saturated heterocycles. The molecule has 0 aliphatic rings. The van der Waals surface area contributed by atoms with Crippen molar-refractivity contribution in [1.29, 1.82) is 0 Å². The number of benzene rings is 1. The molecule has 0 radical (unpaired) electrons. The summed E-state index contributed by atoms with van der Waals surface area (Å²) in [5, 5.41) is 7.47. The van der Waals surface area contributed by atoms with Gasteiger partial charge in [-0.1, -0.05) is 41.5 Å². The molecule has 0 fully saturated rings. The molecule has 0 saturated carbocycles. The van der Waals surface area contributed by atoms with Crippen molar-refractivity contribution in [2.75, 3.05) is 18.4 Å². The molecule has 29 heavy (non-hydrogen) atoms. The number of rotatable bonds is 5. The van der Waals surface area contributed by atoms with E-state index in [0.29, 0.717) is 18.1 Å². The number of amides is 2. The average molecular weight is 403 g/mol. The van der Waals surface area contributed by atoms with E-state index < -0.39 is 5.41 Å². The Morgan fingerprint density at radius 2 is 1.69 bits per heavy atom. The Morgan fingerprint density at radius 3 is 2.17 bits per heavy atom. The third kappa shape index (κ3) is 5.65. The number of nitrogens with zero attached hydrogens (tertiary/aromatic N) is 3. The van der Waals surface area contributed by atoms with E-state index in [2.05, 4.69) is 10.4 Å². The first kappa shape index (κ1) is 22.6. The van der Waals surface area contributed by atoms with E-state index in [4.69, 9.17) is 0 Å². The minimum atomic E-state index is -0.564. The van der Waals surface area contributed by atoms with Crippen LogP contribution in [0.3, 0.4) is 0 Å². The summed E-state index contributed by atoms with van der Waals surface area (Å²) in [6, 6.07) is 7.71. The summed E-state index contributed by atoms with van der Waals surface area (Å²) in [5.74, 6) is -0.265. The summed E-state index contributed by atoms with van der Waals surface area (Å²) >= 11 is 0. The highest BCUT2D eigenvalue weighted by Crippen LogP contribution is 2.26. The lowest BCUT2D eigenvalue weighted by molar-refractivity contribution is -0.141. The SMILES string of the molecule is CCN(CC(=O)Nc1cc(C(C)(C)C)nn1-c1ccc(F)cc1)C(=O)C(C)(C)C. The molecule has 1 N–H and O–H groups in total. The van der Waals surface area contributed by atoms with Crippen molar-refractivity contribution < 1.29 is 14.0 Å². The molecule has 0 aliphatic carbocycles. The molecule has 0 spiro atoms. The van der Waals surface area contributed by atoms with E-state index in [1.165, 1.54) is 17.0 Å². The van der Waals surface area contributed by atoms with Crippen LogP contribution in [0, 0.1) is 11.2 Å². The van der Waals surface area contributed by atoms with Crippen LogP contribution >= 0.6 is 0 Å². The van der Waals surface area contributed by atoms with Crippen LogP contribution in [0.5, 0.6) is 0 Å². The Kier molecular flexibility index (Phi) is 6.50. The van der Waals surface area contributed by atoms with Crippen LogP contribution in [0.4, 0.5) is 10.2 Å². The molecule has 0 aliphatic heterocycles. The molecule has 0 unspecified atom stereocenters. The second-order valence-electron chi connectivity index (χ2n) is 9.17. The van der Waals surface area contributed by atoms with Crippen molar-refractivity contribution in [2.45, 2.75) is 53.9 Å². The van der Waals surface area contributed by atoms with Crippen LogP contribution in [0.15, 0.2) is 30.3 Å². The monoisotopic (exact) mass is 402 g/mol. The van der Waals surface area contributed by atoms with Gasteiger partial charge in [0.25, 0.3) is 0 Å². The molecular weight excluding hydrogens is 371 g/mol. The second-order valence-corrected chi connectivity index (χ2v) is 9.17. The Morgan fingerprint density at radius 1 is 1.10 bits per heavy atom. The fraction of sp³-hybridized carbons (Fsp3) is 0.500. The van der Waals surface area contributed by atoms with Gasteiger partial charge >= 0.3 is 0 Å². The highest BCUT2D eigenvalue weighted by atomic mass is 19.1. The average Bonchev–Trinajstić information content (AvgIpc) is 3.03. The van der Waals surface area contributed by atoms with E-state index in [1.807, 2.05) is 54.5 Å². The number of likely N-dealkylation sites (N-methyl/N-ethyl adjacent to an activating group) is 1. The predicted molar refractivity (Wildman–Crippen MR) is 113 cm³/mol. The highest BCUT2D eigenvalue weighted by molar-refractivity contribution is 5.95. The number of carbonyl (C=O) groups excluding carboxylic acids is 2. The Hall–Kier alpha value is -2.70. The first-order valence-electron chi connectivity index (χ1n) is 9.78. The minimum absolute atomic E-state index is 0.0496. The Labute approximate surface area is 172 Å². The highest BCUT2D eigenvalue weighted by Gasteiger charge is 2.28. The van der Waals surface area contributed by atoms with Gasteiger partial charge in [-0.05, 0) is 31.2 Å². The van der Waals surface area contributed by atoms with Crippen molar-refractivity contribution in [3.8, 4) is 5.69 Å². The molecule has 6 nitrogen and oxygen atoms in total. The molecule has 7 heteroatoms. The van der Waals surface area contributed by atoms with E-state index in [-0.39, 0.29) is 29.6 Å². The maximum Gasteiger partial charge on any atom is 0.245 e. The molecule has 158 valence electrons. The lowest BCUT2D eigenvalue weighted by atomic mass is 9.92. The molecule has 0 atom stereocenters. The number of nitrogens with one attached hydrogen (secondary N) is 1. The molecule has 2 rings (SSSR count). The van der Waals surface area contributed by atoms with Gasteiger partial charge in [0.05, 0.1) is 17.9 Å². The Balaban J connectivity index is 2.31. The molecule has 0 bridgehead atoms. The van der Waals surface area contributed by atoms with Crippen LogP contribution in [-0.4, -0.2) is 39.6 Å². The summed E-state index contributed by atoms with van der Waals surface area (Å²) < 4.78 is 14.9. The summed E-state index contributed by atoms with van der Waals surface area (Å²) in [7, 11) is 0. The van der Waals surface area contributed by atoms with Gasteiger partial charge in [-0.3, -0.25) is 9.59 Å². The summed E-state index contributed by atoms with van der Waals surface area (Å²) in [6.07, 6.45) is 0. The zero-order valence-corrected chi connectivity index (χ0v) is 18.3. The van der Waals surface area contributed by atoms with E-state index in [0.717, 1.165) is 5.69 Å². The van der Waals surface area contributed by atoms with Crippen LogP contribution in [0.2, 0.25) is 0 Å². The van der Waals surface area contributed by atoms with Gasteiger partial charge in [0.1, 0.15) is 11.6 Å². The Bertz CT molecular complexity index is 874. The lowest BCUT2D eigenvalue weighted by Crippen LogP contribution is -2.43. The van der Waals surface area contributed by atoms with Gasteiger partial charge in [-0.25, -0.2) is 9.07 Å². The van der Waals surface area contributed by atoms with Crippen LogP contribution in [0.25, 0.3) is 5.69 Å². The lowest BCUT2D eigenvalue weighted by Gasteiger charge is -2.28. The summed E-state index contributed by atoms with van der Waals surface area (Å²) in [6.45, 7) is 13.8. The van der Waals surface area contributed by atoms with Gasteiger partial charge in [0.2, 0.25) is 11.8 Å². The smallest absolute Gasteiger partial charge is 0.245 e. The summed E-state index contributed by atoms with van der Waals surface area (Å²) in [5.41, 5.74) is 0.624. The number of aromatic nitrogens is 2. The minimum Gasteiger partial charge on any atom is -0.333 e. The van der Waals surface area contributed by atoms with Crippen LogP contribution < -0.4 is 5.32 Å². The number of hydrogen-bond donors (Lipinski definition) is 1. The van der Waals surface area contributed by atoms with Crippen molar-refractivity contribution >= 4 is 17.6 Å². The largest absolute Gasteiger partial charge is 0.333 e. The molecule has 1 aromatic carbocycles. The van der Waals surface area contributed by atoms with E-state index in [1.54, 1.807) is 16.8 Å². The molecule has 1 heterocycles. The van der Waals surface area contributed by atoms with Gasteiger partial charge in [0.15, 0.2) is 0 Å². The predicted octanol–water partition coefficient (Wildman–Crippen LogP) is 4.14. The van der Waals surface area contributed by atoms with Crippen molar-refractivity contribution in [3.05, 3.63) is 41.8 Å². The van der Waals surface area contributed by atoms with Crippen molar-refractivity contribution in [3.63, 3.8) is 0 Å². The second kappa shape index (κ2) is 8.35. The van der Waals surface area contributed by atoms with Gasteiger partial charge in [-0.2, -0.15) is 5.10 Å².